The minimum Gasteiger partial charge on any atom is -0.483 e. The molecule has 1 atom stereocenters. The van der Waals surface area contributed by atoms with E-state index in [1.165, 1.54) is 25.6 Å². The van der Waals surface area contributed by atoms with Gasteiger partial charge in [0, 0.05) is 9.35 Å². The first-order valence-electron chi connectivity index (χ1n) is 8.55. The average Bonchev–Trinajstić information content (AvgIpc) is 3.24. The van der Waals surface area contributed by atoms with Crippen LogP contribution in [0.3, 0.4) is 0 Å². The fourth-order valence-corrected chi connectivity index (χ4v) is 5.58. The summed E-state index contributed by atoms with van der Waals surface area (Å²) in [6, 6.07) is 5.32. The van der Waals surface area contributed by atoms with Crippen molar-refractivity contribution in [1.82, 2.24) is 0 Å². The lowest BCUT2D eigenvalue weighted by Gasteiger charge is -2.12. The van der Waals surface area contributed by atoms with Crippen LogP contribution in [0.25, 0.3) is 0 Å². The molecule has 1 aromatic carbocycles. The Kier molecular flexibility index (Phi) is 6.97. The summed E-state index contributed by atoms with van der Waals surface area (Å²) in [4.78, 5) is 37.8. The quantitative estimate of drug-likeness (QED) is 0.544. The Morgan fingerprint density at radius 3 is 2.62 bits per heavy atom. The van der Waals surface area contributed by atoms with E-state index in [9.17, 15) is 14.4 Å². The number of anilines is 1. The minimum atomic E-state index is -0.606. The molecule has 0 spiro atoms. The maximum atomic E-state index is 12.4. The summed E-state index contributed by atoms with van der Waals surface area (Å²) in [7, 11) is 2.57. The molecule has 2 aromatic rings. The van der Waals surface area contributed by atoms with E-state index in [-0.39, 0.29) is 12.2 Å². The highest BCUT2D eigenvalue weighted by atomic mass is 79.9. The van der Waals surface area contributed by atoms with Crippen LogP contribution >= 0.6 is 43.2 Å². The number of nitrogens with one attached hydrogen (secondary N) is 1. The third kappa shape index (κ3) is 4.65. The molecular formula is C19H17Br2NO6S. The van der Waals surface area contributed by atoms with E-state index in [4.69, 9.17) is 14.2 Å². The van der Waals surface area contributed by atoms with Gasteiger partial charge in [0.15, 0.2) is 6.61 Å². The molecule has 0 fully saturated rings. The number of aryl methyl sites for hydroxylation is 1. The third-order valence-corrected chi connectivity index (χ3v) is 6.71. The van der Waals surface area contributed by atoms with E-state index in [1.807, 2.05) is 0 Å². The van der Waals surface area contributed by atoms with E-state index < -0.39 is 23.8 Å². The Morgan fingerprint density at radius 1 is 1.21 bits per heavy atom. The van der Waals surface area contributed by atoms with Gasteiger partial charge in [0.2, 0.25) is 0 Å². The van der Waals surface area contributed by atoms with Crippen LogP contribution in [0.1, 0.15) is 33.1 Å². The fraction of sp³-hybridized carbons (Fsp3) is 0.316. The molecule has 29 heavy (non-hydrogen) atoms. The smallest absolute Gasteiger partial charge is 0.341 e. The number of methoxy groups -OCH3 is 2. The summed E-state index contributed by atoms with van der Waals surface area (Å²) in [6.07, 6.45) is 1.19. The van der Waals surface area contributed by atoms with Gasteiger partial charge in [-0.05, 0) is 52.5 Å². The first-order chi connectivity index (χ1) is 13.8. The van der Waals surface area contributed by atoms with Crippen molar-refractivity contribution in [1.29, 1.82) is 0 Å². The van der Waals surface area contributed by atoms with Crippen LogP contribution in [-0.4, -0.2) is 38.7 Å². The van der Waals surface area contributed by atoms with Crippen LogP contribution in [-0.2, 0) is 25.5 Å². The lowest BCUT2D eigenvalue weighted by Crippen LogP contribution is -2.22. The summed E-state index contributed by atoms with van der Waals surface area (Å²) in [5, 5.41) is 3.06. The SMILES string of the molecule is COC(=O)c1c(NC(=O)COc2ccc(Br)cc2Br)sc2c1[C@@H](C(=O)OC)CC2. The predicted molar refractivity (Wildman–Crippen MR) is 115 cm³/mol. The van der Waals surface area contributed by atoms with Gasteiger partial charge in [-0.15, -0.1) is 11.3 Å². The van der Waals surface area contributed by atoms with Crippen molar-refractivity contribution in [3.05, 3.63) is 43.1 Å². The number of thiophene rings is 1. The van der Waals surface area contributed by atoms with Gasteiger partial charge in [0.05, 0.1) is 30.2 Å². The molecule has 0 unspecified atom stereocenters. The molecule has 10 heteroatoms. The highest BCUT2D eigenvalue weighted by molar-refractivity contribution is 9.11. The monoisotopic (exact) mass is 545 g/mol. The molecule has 0 aliphatic heterocycles. The molecule has 0 saturated carbocycles. The maximum Gasteiger partial charge on any atom is 0.341 e. The van der Waals surface area contributed by atoms with Crippen molar-refractivity contribution < 1.29 is 28.6 Å². The van der Waals surface area contributed by atoms with E-state index in [0.29, 0.717) is 33.6 Å². The average molecular weight is 547 g/mol. The number of carbonyl (C=O) groups is 3. The second-order valence-corrected chi connectivity index (χ2v) is 9.04. The zero-order chi connectivity index (χ0) is 21.1. The van der Waals surface area contributed by atoms with Gasteiger partial charge in [-0.3, -0.25) is 9.59 Å². The lowest BCUT2D eigenvalue weighted by molar-refractivity contribution is -0.142. The van der Waals surface area contributed by atoms with Gasteiger partial charge in [0.1, 0.15) is 10.8 Å². The van der Waals surface area contributed by atoms with Crippen LogP contribution in [0.5, 0.6) is 5.75 Å². The minimum absolute atomic E-state index is 0.207. The molecule has 0 saturated heterocycles. The normalized spacial score (nSPS) is 14.8. The Hall–Kier alpha value is -1.91. The van der Waals surface area contributed by atoms with Crippen LogP contribution in [0.15, 0.2) is 27.1 Å². The maximum absolute atomic E-state index is 12.4. The molecule has 1 amide bonds. The summed E-state index contributed by atoms with van der Waals surface area (Å²) < 4.78 is 16.9. The number of hydrogen-bond donors (Lipinski definition) is 1. The summed E-state index contributed by atoms with van der Waals surface area (Å²) in [5.41, 5.74) is 0.791. The number of halogens is 2. The van der Waals surface area contributed by atoms with Crippen molar-refractivity contribution in [2.24, 2.45) is 0 Å². The number of ether oxygens (including phenoxy) is 3. The predicted octanol–water partition coefficient (Wildman–Crippen LogP) is 4.28. The second-order valence-electron chi connectivity index (χ2n) is 6.16. The molecule has 1 N–H and O–H groups in total. The standard InChI is InChI=1S/C19H17Br2NO6S/c1-26-18(24)10-4-6-13-15(10)16(19(25)27-2)17(29-13)22-14(23)8-28-12-5-3-9(20)7-11(12)21/h3,5,7,10H,4,6,8H2,1-2H3,(H,22,23)/t10-/m0/s1. The van der Waals surface area contributed by atoms with E-state index >= 15 is 0 Å². The molecule has 1 heterocycles. The Morgan fingerprint density at radius 2 is 1.97 bits per heavy atom. The van der Waals surface area contributed by atoms with Crippen molar-refractivity contribution in [3.8, 4) is 5.75 Å². The Labute approximate surface area is 188 Å². The third-order valence-electron chi connectivity index (χ3n) is 4.41. The first-order valence-corrected chi connectivity index (χ1v) is 10.9. The van der Waals surface area contributed by atoms with Crippen molar-refractivity contribution >= 4 is 66.0 Å². The number of carbonyl (C=O) groups excluding carboxylic acids is 3. The van der Waals surface area contributed by atoms with Crippen LogP contribution in [0.4, 0.5) is 5.00 Å². The van der Waals surface area contributed by atoms with Crippen LogP contribution < -0.4 is 10.1 Å². The highest BCUT2D eigenvalue weighted by Crippen LogP contribution is 2.45. The molecule has 154 valence electrons. The van der Waals surface area contributed by atoms with E-state index in [0.717, 1.165) is 9.35 Å². The molecule has 3 rings (SSSR count). The fourth-order valence-electron chi connectivity index (χ4n) is 3.13. The lowest BCUT2D eigenvalue weighted by atomic mass is 9.99. The van der Waals surface area contributed by atoms with Gasteiger partial charge in [-0.2, -0.15) is 0 Å². The Balaban J connectivity index is 1.79. The summed E-state index contributed by atoms with van der Waals surface area (Å²) in [5.74, 6) is -1.48. The van der Waals surface area contributed by atoms with Gasteiger partial charge in [0.25, 0.3) is 5.91 Å². The van der Waals surface area contributed by atoms with Gasteiger partial charge < -0.3 is 19.5 Å². The van der Waals surface area contributed by atoms with E-state index in [1.54, 1.807) is 18.2 Å². The van der Waals surface area contributed by atoms with Crippen molar-refractivity contribution in [2.75, 3.05) is 26.1 Å². The highest BCUT2D eigenvalue weighted by Gasteiger charge is 2.38. The van der Waals surface area contributed by atoms with Gasteiger partial charge in [-0.25, -0.2) is 4.79 Å². The molecule has 0 bridgehead atoms. The Bertz CT molecular complexity index is 974. The molecule has 1 aliphatic carbocycles. The largest absolute Gasteiger partial charge is 0.483 e. The number of esters is 2. The van der Waals surface area contributed by atoms with Crippen LogP contribution in [0, 0.1) is 0 Å². The summed E-state index contributed by atoms with van der Waals surface area (Å²) in [6.45, 7) is -0.246. The molecular weight excluding hydrogens is 530 g/mol. The number of fused-ring (bicyclic) bond motifs is 1. The zero-order valence-electron chi connectivity index (χ0n) is 15.5. The molecule has 0 radical (unpaired) electrons. The topological polar surface area (TPSA) is 90.9 Å². The van der Waals surface area contributed by atoms with E-state index in [2.05, 4.69) is 37.2 Å². The zero-order valence-corrected chi connectivity index (χ0v) is 19.5. The van der Waals surface area contributed by atoms with Gasteiger partial charge >= 0.3 is 11.9 Å². The number of rotatable bonds is 6. The number of hydrogen-bond acceptors (Lipinski definition) is 7. The molecule has 1 aliphatic rings. The molecule has 1 aromatic heterocycles. The number of benzene rings is 1. The van der Waals surface area contributed by atoms with Gasteiger partial charge in [-0.1, -0.05) is 15.9 Å². The van der Waals surface area contributed by atoms with Crippen LogP contribution in [0.2, 0.25) is 0 Å². The van der Waals surface area contributed by atoms with Crippen molar-refractivity contribution in [2.45, 2.75) is 18.8 Å². The second kappa shape index (κ2) is 9.27. The molecule has 7 nitrogen and oxygen atoms in total. The summed E-state index contributed by atoms with van der Waals surface area (Å²) >= 11 is 7.99. The van der Waals surface area contributed by atoms with Crippen molar-refractivity contribution in [3.63, 3.8) is 0 Å². The number of amides is 1. The first kappa shape index (κ1) is 21.8.